The third-order valence-corrected chi connectivity index (χ3v) is 5.99. The summed E-state index contributed by atoms with van der Waals surface area (Å²) in [5, 5.41) is 6.17. The number of hydrogen-bond acceptors (Lipinski definition) is 4. The molecule has 0 aliphatic carbocycles. The molecule has 2 aromatic rings. The van der Waals surface area contributed by atoms with Crippen LogP contribution < -0.4 is 5.32 Å². The Morgan fingerprint density at radius 1 is 1.27 bits per heavy atom. The molecule has 140 valence electrons. The van der Waals surface area contributed by atoms with E-state index in [0.717, 1.165) is 36.6 Å². The predicted molar refractivity (Wildman–Crippen MR) is 106 cm³/mol. The Morgan fingerprint density at radius 2 is 1.92 bits per heavy atom. The van der Waals surface area contributed by atoms with Gasteiger partial charge in [-0.15, -0.1) is 11.3 Å². The molecule has 6 heteroatoms. The summed E-state index contributed by atoms with van der Waals surface area (Å²) in [6.45, 7) is 10.0. The van der Waals surface area contributed by atoms with Crippen LogP contribution in [0.3, 0.4) is 0 Å². The van der Waals surface area contributed by atoms with Crippen LogP contribution in [0.2, 0.25) is 0 Å². The number of urea groups is 1. The monoisotopic (exact) mass is 372 g/mol. The number of rotatable bonds is 3. The normalized spacial score (nSPS) is 17.2. The summed E-state index contributed by atoms with van der Waals surface area (Å²) in [4.78, 5) is 23.3. The highest BCUT2D eigenvalue weighted by Crippen LogP contribution is 2.29. The molecule has 0 radical (unpaired) electrons. The van der Waals surface area contributed by atoms with Crippen LogP contribution in [0.15, 0.2) is 29.9 Å². The van der Waals surface area contributed by atoms with Gasteiger partial charge in [0.25, 0.3) is 0 Å². The molecule has 0 saturated carbocycles. The molecule has 1 fully saturated rings. The zero-order valence-electron chi connectivity index (χ0n) is 16.0. The Labute approximate surface area is 159 Å². The van der Waals surface area contributed by atoms with Gasteiger partial charge in [0.2, 0.25) is 0 Å². The van der Waals surface area contributed by atoms with Gasteiger partial charge in [-0.05, 0) is 43.4 Å². The Balaban J connectivity index is 1.53. The number of hydrogen-bond donors (Lipinski definition) is 1. The molecule has 0 aromatic carbocycles. The van der Waals surface area contributed by atoms with Crippen molar-refractivity contribution in [3.05, 3.63) is 46.2 Å². The third kappa shape index (κ3) is 4.41. The minimum absolute atomic E-state index is 0.0122. The molecular formula is C20H28N4OS. The Hall–Kier alpha value is -1.95. The largest absolute Gasteiger partial charge is 0.329 e. The molecule has 0 spiro atoms. The van der Waals surface area contributed by atoms with E-state index in [1.54, 1.807) is 11.3 Å². The second-order valence-corrected chi connectivity index (χ2v) is 8.92. The van der Waals surface area contributed by atoms with Crippen LogP contribution in [0, 0.1) is 0 Å². The molecule has 1 aliphatic rings. The van der Waals surface area contributed by atoms with Gasteiger partial charge in [0.15, 0.2) is 0 Å². The number of piperidine rings is 1. The number of nitrogens with zero attached hydrogens (tertiary/aromatic N) is 3. The Bertz CT molecular complexity index is 730. The maximum absolute atomic E-state index is 12.6. The zero-order chi connectivity index (χ0) is 18.7. The summed E-state index contributed by atoms with van der Waals surface area (Å²) in [5.74, 6) is 0.521. The van der Waals surface area contributed by atoms with Crippen molar-refractivity contribution in [3.63, 3.8) is 0 Å². The number of nitrogens with one attached hydrogen (secondary N) is 1. The first-order valence-corrected chi connectivity index (χ1v) is 10.1. The van der Waals surface area contributed by atoms with E-state index in [1.165, 1.54) is 5.56 Å². The van der Waals surface area contributed by atoms with Crippen molar-refractivity contribution >= 4 is 17.4 Å². The van der Waals surface area contributed by atoms with Crippen LogP contribution in [0.1, 0.15) is 68.8 Å². The van der Waals surface area contributed by atoms with E-state index >= 15 is 0 Å². The van der Waals surface area contributed by atoms with Crippen LogP contribution in [-0.4, -0.2) is 34.0 Å². The summed E-state index contributed by atoms with van der Waals surface area (Å²) in [6, 6.07) is 4.11. The second kappa shape index (κ2) is 7.74. The van der Waals surface area contributed by atoms with Crippen molar-refractivity contribution in [3.8, 4) is 0 Å². The number of carbonyl (C=O) groups excluding carboxylic acids is 1. The second-order valence-electron chi connectivity index (χ2n) is 8.03. The molecule has 1 atom stereocenters. The Kier molecular flexibility index (Phi) is 5.61. The third-order valence-electron chi connectivity index (χ3n) is 4.96. The number of thiazole rings is 1. The molecule has 1 aliphatic heterocycles. The number of carbonyl (C=O) groups is 1. The quantitative estimate of drug-likeness (QED) is 0.864. The lowest BCUT2D eigenvalue weighted by molar-refractivity contribution is 0.178. The number of amides is 2. The first-order valence-electron chi connectivity index (χ1n) is 9.26. The maximum Gasteiger partial charge on any atom is 0.317 e. The average molecular weight is 373 g/mol. The van der Waals surface area contributed by atoms with Gasteiger partial charge in [0.05, 0.1) is 11.7 Å². The van der Waals surface area contributed by atoms with Crippen molar-refractivity contribution in [1.82, 2.24) is 20.2 Å². The number of likely N-dealkylation sites (tertiary alicyclic amines) is 1. The minimum atomic E-state index is -0.0680. The smallest absolute Gasteiger partial charge is 0.317 e. The van der Waals surface area contributed by atoms with E-state index in [1.807, 2.05) is 24.2 Å². The SMILES string of the molecule is CC(NC(=O)N1CCC(c2ccncc2)CC1)c1nc(C(C)(C)C)cs1. The lowest BCUT2D eigenvalue weighted by Crippen LogP contribution is -2.44. The lowest BCUT2D eigenvalue weighted by atomic mass is 9.90. The van der Waals surface area contributed by atoms with Crippen LogP contribution in [0.5, 0.6) is 0 Å². The summed E-state index contributed by atoms with van der Waals surface area (Å²) in [5.41, 5.74) is 2.44. The fraction of sp³-hybridized carbons (Fsp3) is 0.550. The lowest BCUT2D eigenvalue weighted by Gasteiger charge is -2.32. The average Bonchev–Trinajstić information content (AvgIpc) is 3.13. The molecule has 5 nitrogen and oxygen atoms in total. The molecular weight excluding hydrogens is 344 g/mol. The molecule has 3 rings (SSSR count). The van der Waals surface area contributed by atoms with Crippen molar-refractivity contribution in [2.75, 3.05) is 13.1 Å². The van der Waals surface area contributed by atoms with Crippen molar-refractivity contribution < 1.29 is 4.79 Å². The zero-order valence-corrected chi connectivity index (χ0v) is 16.8. The van der Waals surface area contributed by atoms with Crippen molar-refractivity contribution in [2.24, 2.45) is 0 Å². The van der Waals surface area contributed by atoms with Crippen LogP contribution in [0.25, 0.3) is 0 Å². The van der Waals surface area contributed by atoms with Crippen molar-refractivity contribution in [1.29, 1.82) is 0 Å². The molecule has 26 heavy (non-hydrogen) atoms. The molecule has 3 heterocycles. The maximum atomic E-state index is 12.6. The van der Waals surface area contributed by atoms with E-state index < -0.39 is 0 Å². The highest BCUT2D eigenvalue weighted by molar-refractivity contribution is 7.09. The van der Waals surface area contributed by atoms with E-state index in [0.29, 0.717) is 5.92 Å². The highest BCUT2D eigenvalue weighted by Gasteiger charge is 2.26. The van der Waals surface area contributed by atoms with Gasteiger partial charge in [0, 0.05) is 36.3 Å². The summed E-state index contributed by atoms with van der Waals surface area (Å²) in [7, 11) is 0. The van der Waals surface area contributed by atoms with Gasteiger partial charge >= 0.3 is 6.03 Å². The van der Waals surface area contributed by atoms with Crippen LogP contribution in [0.4, 0.5) is 4.79 Å². The van der Waals surface area contributed by atoms with Gasteiger partial charge in [-0.25, -0.2) is 9.78 Å². The van der Waals surface area contributed by atoms with Gasteiger partial charge in [-0.3, -0.25) is 4.98 Å². The topological polar surface area (TPSA) is 58.1 Å². The summed E-state index contributed by atoms with van der Waals surface area (Å²) < 4.78 is 0. The minimum Gasteiger partial charge on any atom is -0.329 e. The summed E-state index contributed by atoms with van der Waals surface area (Å²) in [6.07, 6.45) is 5.68. The van der Waals surface area contributed by atoms with Crippen LogP contribution >= 0.6 is 11.3 Å². The molecule has 2 amide bonds. The predicted octanol–water partition coefficient (Wildman–Crippen LogP) is 4.49. The Morgan fingerprint density at radius 3 is 2.50 bits per heavy atom. The first kappa shape index (κ1) is 18.8. The molecule has 1 unspecified atom stereocenters. The van der Waals surface area contributed by atoms with Gasteiger partial charge in [-0.2, -0.15) is 0 Å². The van der Waals surface area contributed by atoms with Gasteiger partial charge < -0.3 is 10.2 Å². The summed E-state index contributed by atoms with van der Waals surface area (Å²) >= 11 is 1.62. The fourth-order valence-electron chi connectivity index (χ4n) is 3.22. The van der Waals surface area contributed by atoms with Crippen LogP contribution in [-0.2, 0) is 5.41 Å². The first-order chi connectivity index (χ1) is 12.3. The molecule has 0 bridgehead atoms. The van der Waals surface area contributed by atoms with E-state index in [-0.39, 0.29) is 17.5 Å². The van der Waals surface area contributed by atoms with Gasteiger partial charge in [-0.1, -0.05) is 20.8 Å². The highest BCUT2D eigenvalue weighted by atomic mass is 32.1. The molecule has 2 aromatic heterocycles. The standard InChI is InChI=1S/C20H28N4OS/c1-14(18-23-17(13-26-18)20(2,3)4)22-19(25)24-11-7-16(8-12-24)15-5-9-21-10-6-15/h5-6,9-10,13-14,16H,7-8,11-12H2,1-4H3,(H,22,25). The molecule has 1 saturated heterocycles. The van der Waals surface area contributed by atoms with E-state index in [9.17, 15) is 4.79 Å². The fourth-order valence-corrected chi connectivity index (χ4v) is 4.27. The van der Waals surface area contributed by atoms with E-state index in [2.05, 4.69) is 48.6 Å². The number of aromatic nitrogens is 2. The van der Waals surface area contributed by atoms with Crippen molar-refractivity contribution in [2.45, 2.75) is 57.9 Å². The number of pyridine rings is 1. The van der Waals surface area contributed by atoms with E-state index in [4.69, 9.17) is 4.98 Å². The van der Waals surface area contributed by atoms with Gasteiger partial charge in [0.1, 0.15) is 5.01 Å². The molecule has 1 N–H and O–H groups in total.